The molecule has 7 heavy (non-hydrogen) atoms. The Morgan fingerprint density at radius 2 is 1.43 bits per heavy atom. The van der Waals surface area contributed by atoms with Crippen molar-refractivity contribution < 1.29 is 17.7 Å². The van der Waals surface area contributed by atoms with Crippen molar-refractivity contribution in [1.29, 1.82) is 0 Å². The summed E-state index contributed by atoms with van der Waals surface area (Å²) in [5.74, 6) is 0. The van der Waals surface area contributed by atoms with Gasteiger partial charge in [-0.2, -0.15) is 21.9 Å². The lowest BCUT2D eigenvalue weighted by Gasteiger charge is -1.69. The maximum Gasteiger partial charge on any atom is 0.261 e. The molecule has 1 N–H and O–H groups in total. The monoisotopic (exact) mass is 150 g/mol. The van der Waals surface area contributed by atoms with Crippen LogP contribution in [0.25, 0.3) is 0 Å². The van der Waals surface area contributed by atoms with E-state index in [9.17, 15) is 8.42 Å². The van der Waals surface area contributed by atoms with E-state index in [-0.39, 0.29) is 18.2 Å². The van der Waals surface area contributed by atoms with Gasteiger partial charge in [-0.05, 0) is 0 Å². The molecule has 0 heterocycles. The maximum atomic E-state index is 9.19. The predicted octanol–water partition coefficient (Wildman–Crippen LogP) is -0.231. The van der Waals surface area contributed by atoms with E-state index < -0.39 is 10.1 Å². The van der Waals surface area contributed by atoms with Crippen molar-refractivity contribution in [2.24, 2.45) is 0 Å². The summed E-state index contributed by atoms with van der Waals surface area (Å²) in [5, 5.41) is 0. The normalized spacial score (nSPS) is 8.29. The zero-order valence-electron chi connectivity index (χ0n) is 3.58. The van der Waals surface area contributed by atoms with Crippen LogP contribution in [0, 0.1) is 0 Å². The predicted molar refractivity (Wildman–Crippen MR) is 30.4 cm³/mol. The number of halogens is 1. The summed E-state index contributed by atoms with van der Waals surface area (Å²) in [7, 11) is -3.67. The second-order valence-corrected chi connectivity index (χ2v) is 2.20. The van der Waals surface area contributed by atoms with E-state index in [1.54, 1.807) is 0 Å². The lowest BCUT2D eigenvalue weighted by atomic mass is 12.0. The fourth-order valence-electron chi connectivity index (χ4n) is 0. The van der Waals surface area contributed by atoms with Gasteiger partial charge in [0.2, 0.25) is 0 Å². The van der Waals surface area contributed by atoms with Crippen molar-refractivity contribution in [1.82, 2.24) is 0 Å². The van der Waals surface area contributed by atoms with Crippen molar-refractivity contribution in [2.75, 3.05) is 6.26 Å². The molecule has 0 aliphatic carbocycles. The van der Waals surface area contributed by atoms with Crippen molar-refractivity contribution >= 4 is 23.6 Å². The second kappa shape index (κ2) is 4.35. The minimum Gasteiger partial charge on any atom is -0.286 e. The standard InChI is InChI=1S/CH4O3S.FH.H2S/c1-5(2,3)4;;/h1H3,(H,2,3,4);1H;1H2. The van der Waals surface area contributed by atoms with E-state index in [1.165, 1.54) is 0 Å². The third-order valence-electron chi connectivity index (χ3n) is 0. The van der Waals surface area contributed by atoms with E-state index in [2.05, 4.69) is 0 Å². The first-order chi connectivity index (χ1) is 2.00. The molecule has 48 valence electrons. The summed E-state index contributed by atoms with van der Waals surface area (Å²) in [6.45, 7) is 0. The van der Waals surface area contributed by atoms with Gasteiger partial charge in [0.05, 0.1) is 6.26 Å². The number of rotatable bonds is 0. The molecule has 0 atom stereocenters. The highest BCUT2D eigenvalue weighted by atomic mass is 32.2. The first-order valence-corrected chi connectivity index (χ1v) is 2.77. The topological polar surface area (TPSA) is 54.4 Å². The molecule has 0 aromatic carbocycles. The van der Waals surface area contributed by atoms with E-state index in [0.717, 1.165) is 0 Å². The highest BCUT2D eigenvalue weighted by Gasteiger charge is 1.81. The molecule has 0 bridgehead atoms. The van der Waals surface area contributed by atoms with Gasteiger partial charge in [0.1, 0.15) is 0 Å². The van der Waals surface area contributed by atoms with Gasteiger partial charge in [-0.1, -0.05) is 0 Å². The van der Waals surface area contributed by atoms with E-state index in [0.29, 0.717) is 6.26 Å². The van der Waals surface area contributed by atoms with Gasteiger partial charge in [-0.15, -0.1) is 0 Å². The molecule has 0 aliphatic heterocycles. The van der Waals surface area contributed by atoms with Crippen LogP contribution in [0.2, 0.25) is 0 Å². The molecule has 0 unspecified atom stereocenters. The van der Waals surface area contributed by atoms with Gasteiger partial charge in [-0.3, -0.25) is 9.26 Å². The lowest BCUT2D eigenvalue weighted by molar-refractivity contribution is 0.490. The molecule has 0 aliphatic rings. The van der Waals surface area contributed by atoms with E-state index >= 15 is 0 Å². The summed E-state index contributed by atoms with van der Waals surface area (Å²) in [6, 6.07) is 0. The van der Waals surface area contributed by atoms with Crippen LogP contribution < -0.4 is 0 Å². The first-order valence-electron chi connectivity index (χ1n) is 0.924. The van der Waals surface area contributed by atoms with Crippen LogP contribution in [0.15, 0.2) is 0 Å². The molecule has 3 nitrogen and oxygen atoms in total. The van der Waals surface area contributed by atoms with Gasteiger partial charge >= 0.3 is 0 Å². The molecule has 0 aromatic rings. The van der Waals surface area contributed by atoms with Gasteiger partial charge < -0.3 is 0 Å². The Labute approximate surface area is 48.3 Å². The Morgan fingerprint density at radius 3 is 1.43 bits per heavy atom. The number of hydrogen-bond acceptors (Lipinski definition) is 2. The molecule has 0 amide bonds. The summed E-state index contributed by atoms with van der Waals surface area (Å²) in [5.41, 5.74) is 0. The molecule has 0 fully saturated rings. The minimum absolute atomic E-state index is 0. The van der Waals surface area contributed by atoms with Gasteiger partial charge in [0, 0.05) is 0 Å². The van der Waals surface area contributed by atoms with Crippen molar-refractivity contribution in [3.05, 3.63) is 0 Å². The Balaban J connectivity index is -0.0000000800. The first kappa shape index (κ1) is 15.7. The summed E-state index contributed by atoms with van der Waals surface area (Å²) in [4.78, 5) is 0. The average Bonchev–Trinajstić information content (AvgIpc) is 0.722. The fraction of sp³-hybridized carbons (Fsp3) is 1.00. The van der Waals surface area contributed by atoms with Crippen molar-refractivity contribution in [2.45, 2.75) is 0 Å². The molecular formula is CH7FO3S2. The molecular weight excluding hydrogens is 143 g/mol. The highest BCUT2D eigenvalue weighted by Crippen LogP contribution is 1.60. The van der Waals surface area contributed by atoms with Gasteiger partial charge in [-0.25, -0.2) is 0 Å². The molecule has 0 radical (unpaired) electrons. The van der Waals surface area contributed by atoms with Gasteiger partial charge in [0.25, 0.3) is 10.1 Å². The molecule has 0 saturated heterocycles. The Hall–Kier alpha value is 0.190. The summed E-state index contributed by atoms with van der Waals surface area (Å²) >= 11 is 0. The minimum atomic E-state index is -3.67. The fourth-order valence-corrected chi connectivity index (χ4v) is 0. The molecule has 0 spiro atoms. The van der Waals surface area contributed by atoms with Crippen LogP contribution in [0.3, 0.4) is 0 Å². The molecule has 0 rings (SSSR count). The Bertz CT molecular complexity index is 96.1. The quantitative estimate of drug-likeness (QED) is 0.485. The lowest BCUT2D eigenvalue weighted by Crippen LogP contribution is -1.88. The van der Waals surface area contributed by atoms with Gasteiger partial charge in [0.15, 0.2) is 0 Å². The van der Waals surface area contributed by atoms with Crippen LogP contribution in [-0.4, -0.2) is 19.2 Å². The highest BCUT2D eigenvalue weighted by molar-refractivity contribution is 7.85. The summed E-state index contributed by atoms with van der Waals surface area (Å²) < 4.78 is 25.9. The Morgan fingerprint density at radius 1 is 1.43 bits per heavy atom. The van der Waals surface area contributed by atoms with E-state index in [1.807, 2.05) is 0 Å². The number of hydrogen-bond donors (Lipinski definition) is 1. The van der Waals surface area contributed by atoms with Crippen LogP contribution in [0.5, 0.6) is 0 Å². The molecule has 6 heteroatoms. The van der Waals surface area contributed by atoms with Crippen LogP contribution >= 0.6 is 13.5 Å². The SMILES string of the molecule is CS(=O)(=O)O.F.S. The average molecular weight is 150 g/mol. The smallest absolute Gasteiger partial charge is 0.261 e. The maximum absolute atomic E-state index is 9.19. The third kappa shape index (κ3) is 3010. The largest absolute Gasteiger partial charge is 0.286 e. The van der Waals surface area contributed by atoms with Crippen LogP contribution in [-0.2, 0) is 10.1 Å². The Kier molecular flexibility index (Phi) is 9.76. The van der Waals surface area contributed by atoms with Crippen LogP contribution in [0.4, 0.5) is 4.70 Å². The second-order valence-electron chi connectivity index (χ2n) is 0.733. The van der Waals surface area contributed by atoms with Crippen LogP contribution in [0.1, 0.15) is 0 Å². The van der Waals surface area contributed by atoms with Crippen molar-refractivity contribution in [3.63, 3.8) is 0 Å². The molecule has 0 saturated carbocycles. The molecule has 0 aromatic heterocycles. The zero-order chi connectivity index (χ0) is 4.50. The van der Waals surface area contributed by atoms with Crippen molar-refractivity contribution in [3.8, 4) is 0 Å². The van der Waals surface area contributed by atoms with E-state index in [4.69, 9.17) is 4.55 Å². The third-order valence-corrected chi connectivity index (χ3v) is 0. The zero-order valence-corrected chi connectivity index (χ0v) is 5.40. The summed E-state index contributed by atoms with van der Waals surface area (Å²) in [6.07, 6.45) is 0.715.